The summed E-state index contributed by atoms with van der Waals surface area (Å²) in [6.45, 7) is 6.04. The SMILES string of the molecule is CCOC(=O)c1c(C)[nH]c(C(=O)N(C)Cc2ccc3cc(OC)ccc3c2)c1C. The average molecular weight is 394 g/mol. The molecule has 1 N–H and O–H groups in total. The fourth-order valence-corrected chi connectivity index (χ4v) is 3.51. The molecule has 0 radical (unpaired) electrons. The summed E-state index contributed by atoms with van der Waals surface area (Å²) in [7, 11) is 3.40. The van der Waals surface area contributed by atoms with Crippen molar-refractivity contribution >= 4 is 22.6 Å². The molecule has 0 fully saturated rings. The standard InChI is InChI=1S/C23H26N2O4/c1-6-29-23(27)20-14(2)21(24-15(20)3)22(26)25(4)13-16-7-8-18-12-19(28-5)10-9-17(18)11-16/h7-12,24H,6,13H2,1-5H3. The van der Waals surface area contributed by atoms with Crippen molar-refractivity contribution < 1.29 is 19.1 Å². The first-order valence-corrected chi connectivity index (χ1v) is 9.54. The maximum absolute atomic E-state index is 13.0. The molecule has 1 aromatic heterocycles. The van der Waals surface area contributed by atoms with Gasteiger partial charge in [0.05, 0.1) is 19.3 Å². The number of aryl methyl sites for hydroxylation is 1. The van der Waals surface area contributed by atoms with Gasteiger partial charge in [-0.15, -0.1) is 0 Å². The Labute approximate surface area is 170 Å². The third-order valence-corrected chi connectivity index (χ3v) is 5.01. The number of ether oxygens (including phenoxy) is 2. The molecule has 152 valence electrons. The number of carbonyl (C=O) groups excluding carboxylic acids is 2. The number of aromatic nitrogens is 1. The van der Waals surface area contributed by atoms with Crippen molar-refractivity contribution in [1.29, 1.82) is 0 Å². The van der Waals surface area contributed by atoms with Crippen LogP contribution in [0.25, 0.3) is 10.8 Å². The Bertz CT molecular complexity index is 1070. The molecule has 6 nitrogen and oxygen atoms in total. The van der Waals surface area contributed by atoms with Gasteiger partial charge in [0, 0.05) is 19.3 Å². The maximum atomic E-state index is 13.0. The summed E-state index contributed by atoms with van der Waals surface area (Å²) in [4.78, 5) is 29.9. The number of nitrogens with one attached hydrogen (secondary N) is 1. The van der Waals surface area contributed by atoms with Gasteiger partial charge in [-0.3, -0.25) is 4.79 Å². The number of hydrogen-bond acceptors (Lipinski definition) is 4. The highest BCUT2D eigenvalue weighted by Crippen LogP contribution is 2.24. The molecule has 0 atom stereocenters. The molecule has 3 aromatic rings. The van der Waals surface area contributed by atoms with E-state index in [2.05, 4.69) is 11.1 Å². The summed E-state index contributed by atoms with van der Waals surface area (Å²) >= 11 is 0. The lowest BCUT2D eigenvalue weighted by Gasteiger charge is -2.17. The first kappa shape index (κ1) is 20.5. The summed E-state index contributed by atoms with van der Waals surface area (Å²) in [5.41, 5.74) is 3.12. The number of esters is 1. The van der Waals surface area contributed by atoms with Crippen LogP contribution >= 0.6 is 0 Å². The van der Waals surface area contributed by atoms with E-state index in [1.54, 1.807) is 39.8 Å². The lowest BCUT2D eigenvalue weighted by Crippen LogP contribution is -2.27. The molecule has 3 rings (SSSR count). The zero-order chi connectivity index (χ0) is 21.1. The third-order valence-electron chi connectivity index (χ3n) is 5.01. The predicted molar refractivity (Wildman–Crippen MR) is 113 cm³/mol. The fourth-order valence-electron chi connectivity index (χ4n) is 3.51. The molecule has 0 bridgehead atoms. The highest BCUT2D eigenvalue weighted by molar-refractivity contribution is 6.00. The fraction of sp³-hybridized carbons (Fsp3) is 0.304. The van der Waals surface area contributed by atoms with Crippen LogP contribution in [0.2, 0.25) is 0 Å². The van der Waals surface area contributed by atoms with E-state index in [1.165, 1.54) is 0 Å². The highest BCUT2D eigenvalue weighted by Gasteiger charge is 2.24. The summed E-state index contributed by atoms with van der Waals surface area (Å²) in [6, 6.07) is 12.0. The molecule has 1 amide bonds. The highest BCUT2D eigenvalue weighted by atomic mass is 16.5. The van der Waals surface area contributed by atoms with Gasteiger partial charge in [-0.2, -0.15) is 0 Å². The summed E-state index contributed by atoms with van der Waals surface area (Å²) in [5.74, 6) is 0.230. The van der Waals surface area contributed by atoms with Crippen molar-refractivity contribution in [2.45, 2.75) is 27.3 Å². The van der Waals surface area contributed by atoms with Gasteiger partial charge >= 0.3 is 5.97 Å². The molecule has 29 heavy (non-hydrogen) atoms. The van der Waals surface area contributed by atoms with E-state index in [0.717, 1.165) is 22.1 Å². The number of carbonyl (C=O) groups is 2. The van der Waals surface area contributed by atoms with Crippen molar-refractivity contribution in [2.24, 2.45) is 0 Å². The van der Waals surface area contributed by atoms with Crippen LogP contribution < -0.4 is 4.74 Å². The molecule has 0 saturated heterocycles. The van der Waals surface area contributed by atoms with Crippen LogP contribution in [-0.4, -0.2) is 42.5 Å². The number of rotatable bonds is 6. The van der Waals surface area contributed by atoms with E-state index in [-0.39, 0.29) is 5.91 Å². The zero-order valence-corrected chi connectivity index (χ0v) is 17.5. The summed E-state index contributed by atoms with van der Waals surface area (Å²) in [6.07, 6.45) is 0. The molecule has 0 unspecified atom stereocenters. The number of amides is 1. The molecule has 6 heteroatoms. The minimum Gasteiger partial charge on any atom is -0.497 e. The van der Waals surface area contributed by atoms with E-state index in [1.807, 2.05) is 30.3 Å². The van der Waals surface area contributed by atoms with Gasteiger partial charge in [0.1, 0.15) is 11.4 Å². The first-order valence-electron chi connectivity index (χ1n) is 9.54. The molecule has 1 heterocycles. The third kappa shape index (κ3) is 4.11. The molecular weight excluding hydrogens is 368 g/mol. The summed E-state index contributed by atoms with van der Waals surface area (Å²) < 4.78 is 10.4. The number of hydrogen-bond donors (Lipinski definition) is 1. The van der Waals surface area contributed by atoms with Gasteiger partial charge in [0.2, 0.25) is 0 Å². The molecule has 2 aromatic carbocycles. The largest absolute Gasteiger partial charge is 0.497 e. The van der Waals surface area contributed by atoms with Crippen molar-refractivity contribution in [1.82, 2.24) is 9.88 Å². The summed E-state index contributed by atoms with van der Waals surface area (Å²) in [5, 5.41) is 2.16. The van der Waals surface area contributed by atoms with Crippen LogP contribution in [0, 0.1) is 13.8 Å². The van der Waals surface area contributed by atoms with Crippen molar-refractivity contribution in [3.8, 4) is 5.75 Å². The first-order chi connectivity index (χ1) is 13.8. The maximum Gasteiger partial charge on any atom is 0.340 e. The van der Waals surface area contributed by atoms with Crippen LogP contribution in [0.5, 0.6) is 5.75 Å². The number of H-pyrrole nitrogens is 1. The second-order valence-corrected chi connectivity index (χ2v) is 7.05. The number of benzene rings is 2. The van der Waals surface area contributed by atoms with Crippen LogP contribution in [0.15, 0.2) is 36.4 Å². The van der Waals surface area contributed by atoms with Crippen LogP contribution in [-0.2, 0) is 11.3 Å². The molecular formula is C23H26N2O4. The Hall–Kier alpha value is -3.28. The van der Waals surface area contributed by atoms with E-state index in [0.29, 0.717) is 35.7 Å². The van der Waals surface area contributed by atoms with Crippen LogP contribution in [0.1, 0.15) is 44.6 Å². The van der Waals surface area contributed by atoms with Gasteiger partial charge in [0.15, 0.2) is 0 Å². The van der Waals surface area contributed by atoms with E-state index in [9.17, 15) is 9.59 Å². The minimum absolute atomic E-state index is 0.170. The lowest BCUT2D eigenvalue weighted by atomic mass is 10.1. The second kappa shape index (κ2) is 8.39. The quantitative estimate of drug-likeness (QED) is 0.635. The smallest absolute Gasteiger partial charge is 0.340 e. The topological polar surface area (TPSA) is 71.6 Å². The Kier molecular flexibility index (Phi) is 5.92. The molecule has 0 aliphatic rings. The number of fused-ring (bicyclic) bond motifs is 1. The molecule has 0 aliphatic heterocycles. The molecule has 0 spiro atoms. The van der Waals surface area contributed by atoms with Gasteiger partial charge in [0.25, 0.3) is 5.91 Å². The normalized spacial score (nSPS) is 10.8. The monoisotopic (exact) mass is 394 g/mol. The number of methoxy groups -OCH3 is 1. The second-order valence-electron chi connectivity index (χ2n) is 7.05. The molecule has 0 saturated carbocycles. The Morgan fingerprint density at radius 2 is 1.76 bits per heavy atom. The number of aromatic amines is 1. The van der Waals surface area contributed by atoms with Gasteiger partial charge in [-0.1, -0.05) is 18.2 Å². The number of nitrogens with zero attached hydrogens (tertiary/aromatic N) is 1. The Morgan fingerprint density at radius 3 is 2.45 bits per heavy atom. The van der Waals surface area contributed by atoms with E-state index >= 15 is 0 Å². The van der Waals surface area contributed by atoms with Crippen LogP contribution in [0.4, 0.5) is 0 Å². The van der Waals surface area contributed by atoms with Crippen molar-refractivity contribution in [3.63, 3.8) is 0 Å². The van der Waals surface area contributed by atoms with Gasteiger partial charge in [-0.25, -0.2) is 4.79 Å². The lowest BCUT2D eigenvalue weighted by molar-refractivity contribution is 0.0525. The van der Waals surface area contributed by atoms with Crippen molar-refractivity contribution in [2.75, 3.05) is 20.8 Å². The average Bonchev–Trinajstić information content (AvgIpc) is 3.01. The van der Waals surface area contributed by atoms with Crippen LogP contribution in [0.3, 0.4) is 0 Å². The molecule has 0 aliphatic carbocycles. The van der Waals surface area contributed by atoms with Crippen molar-refractivity contribution in [3.05, 3.63) is 64.5 Å². The van der Waals surface area contributed by atoms with E-state index in [4.69, 9.17) is 9.47 Å². The van der Waals surface area contributed by atoms with Gasteiger partial charge in [-0.05, 0) is 60.9 Å². The Morgan fingerprint density at radius 1 is 1.07 bits per heavy atom. The Balaban J connectivity index is 1.81. The van der Waals surface area contributed by atoms with Gasteiger partial charge < -0.3 is 19.4 Å². The minimum atomic E-state index is -0.412. The predicted octanol–water partition coefficient (Wildman–Crippen LogP) is 4.24. The van der Waals surface area contributed by atoms with E-state index < -0.39 is 5.97 Å². The zero-order valence-electron chi connectivity index (χ0n) is 17.5.